The van der Waals surface area contributed by atoms with Gasteiger partial charge in [0.25, 0.3) is 11.8 Å². The van der Waals surface area contributed by atoms with Crippen LogP contribution < -0.4 is 5.32 Å². The SMILES string of the molecule is COCCNC(=O)c1cnn2c1CN(C(=O)c1ccn[nH]1)CCC2. The van der Waals surface area contributed by atoms with E-state index in [1.165, 1.54) is 0 Å². The number of aromatic amines is 1. The van der Waals surface area contributed by atoms with E-state index in [1.807, 2.05) is 0 Å². The molecule has 3 rings (SSSR count). The molecule has 0 saturated heterocycles. The standard InChI is InChI=1S/C15H20N6O3/c1-24-8-5-16-14(22)11-9-18-21-7-2-6-20(10-13(11)21)15(23)12-3-4-17-19-12/h3-4,9H,2,5-8,10H2,1H3,(H,16,22)(H,17,19). The van der Waals surface area contributed by atoms with Gasteiger partial charge in [0.05, 0.1) is 30.6 Å². The second-order valence-corrected chi connectivity index (χ2v) is 5.53. The summed E-state index contributed by atoms with van der Waals surface area (Å²) in [5, 5.41) is 13.6. The summed E-state index contributed by atoms with van der Waals surface area (Å²) in [4.78, 5) is 26.6. The number of carbonyl (C=O) groups is 2. The Labute approximate surface area is 139 Å². The number of hydrogen-bond donors (Lipinski definition) is 2. The van der Waals surface area contributed by atoms with E-state index in [1.54, 1.807) is 35.2 Å². The molecule has 2 N–H and O–H groups in total. The molecule has 9 heteroatoms. The van der Waals surface area contributed by atoms with Gasteiger partial charge in [-0.1, -0.05) is 0 Å². The van der Waals surface area contributed by atoms with Crippen LogP contribution >= 0.6 is 0 Å². The zero-order valence-electron chi connectivity index (χ0n) is 13.5. The molecule has 2 amide bonds. The fraction of sp³-hybridized carbons (Fsp3) is 0.467. The van der Waals surface area contributed by atoms with Crippen molar-refractivity contribution in [1.82, 2.24) is 30.2 Å². The van der Waals surface area contributed by atoms with Gasteiger partial charge in [-0.05, 0) is 12.5 Å². The first-order chi connectivity index (χ1) is 11.7. The van der Waals surface area contributed by atoms with Gasteiger partial charge in [-0.2, -0.15) is 10.2 Å². The molecule has 0 aromatic carbocycles. The van der Waals surface area contributed by atoms with Gasteiger partial charge < -0.3 is 15.0 Å². The molecule has 0 fully saturated rings. The summed E-state index contributed by atoms with van der Waals surface area (Å²) in [6.45, 7) is 2.49. The van der Waals surface area contributed by atoms with E-state index in [9.17, 15) is 9.59 Å². The van der Waals surface area contributed by atoms with E-state index in [2.05, 4.69) is 20.6 Å². The lowest BCUT2D eigenvalue weighted by molar-refractivity contribution is 0.0737. The number of fused-ring (bicyclic) bond motifs is 1. The van der Waals surface area contributed by atoms with Gasteiger partial charge in [0.1, 0.15) is 5.69 Å². The molecule has 0 aliphatic carbocycles. The number of H-pyrrole nitrogens is 1. The van der Waals surface area contributed by atoms with E-state index in [-0.39, 0.29) is 11.8 Å². The maximum absolute atomic E-state index is 12.5. The summed E-state index contributed by atoms with van der Waals surface area (Å²) in [7, 11) is 1.58. The first-order valence-electron chi connectivity index (χ1n) is 7.81. The quantitative estimate of drug-likeness (QED) is 0.752. The van der Waals surface area contributed by atoms with Crippen LogP contribution in [0.4, 0.5) is 0 Å². The zero-order valence-corrected chi connectivity index (χ0v) is 13.5. The van der Waals surface area contributed by atoms with Crippen LogP contribution in [0.5, 0.6) is 0 Å². The Hall–Kier alpha value is -2.68. The van der Waals surface area contributed by atoms with Gasteiger partial charge >= 0.3 is 0 Å². The van der Waals surface area contributed by atoms with Crippen LogP contribution in [-0.2, 0) is 17.8 Å². The van der Waals surface area contributed by atoms with Crippen LogP contribution in [0.15, 0.2) is 18.5 Å². The molecule has 2 aromatic heterocycles. The molecule has 0 bridgehead atoms. The third-order valence-electron chi connectivity index (χ3n) is 3.94. The Morgan fingerprint density at radius 2 is 2.29 bits per heavy atom. The third-order valence-corrected chi connectivity index (χ3v) is 3.94. The molecule has 0 saturated carbocycles. The van der Waals surface area contributed by atoms with Crippen molar-refractivity contribution in [3.63, 3.8) is 0 Å². The Morgan fingerprint density at radius 1 is 1.42 bits per heavy atom. The number of nitrogens with one attached hydrogen (secondary N) is 2. The average Bonchev–Trinajstić information content (AvgIpc) is 3.20. The largest absolute Gasteiger partial charge is 0.383 e. The summed E-state index contributed by atoms with van der Waals surface area (Å²) in [6.07, 6.45) is 3.88. The molecule has 2 aromatic rings. The van der Waals surface area contributed by atoms with Crippen LogP contribution in [0.25, 0.3) is 0 Å². The Bertz CT molecular complexity index is 709. The summed E-state index contributed by atoms with van der Waals surface area (Å²) >= 11 is 0. The molecule has 3 heterocycles. The molecule has 128 valence electrons. The van der Waals surface area contributed by atoms with E-state index in [4.69, 9.17) is 4.74 Å². The molecule has 9 nitrogen and oxygen atoms in total. The summed E-state index contributed by atoms with van der Waals surface area (Å²) < 4.78 is 6.73. The van der Waals surface area contributed by atoms with Crippen molar-refractivity contribution in [2.24, 2.45) is 0 Å². The van der Waals surface area contributed by atoms with Crippen LogP contribution in [-0.4, -0.2) is 63.5 Å². The summed E-state index contributed by atoms with van der Waals surface area (Å²) in [5.74, 6) is -0.336. The number of ether oxygens (including phenoxy) is 1. The van der Waals surface area contributed by atoms with Gasteiger partial charge in [0.2, 0.25) is 0 Å². The van der Waals surface area contributed by atoms with Crippen molar-refractivity contribution in [3.05, 3.63) is 35.4 Å². The highest BCUT2D eigenvalue weighted by Crippen LogP contribution is 2.18. The van der Waals surface area contributed by atoms with Crippen molar-refractivity contribution >= 4 is 11.8 Å². The van der Waals surface area contributed by atoms with Gasteiger partial charge in [-0.3, -0.25) is 19.4 Å². The van der Waals surface area contributed by atoms with Crippen molar-refractivity contribution in [2.45, 2.75) is 19.5 Å². The summed E-state index contributed by atoms with van der Waals surface area (Å²) in [5.41, 5.74) is 1.68. The Balaban J connectivity index is 1.78. The molecule has 1 aliphatic rings. The van der Waals surface area contributed by atoms with Gasteiger partial charge in [0, 0.05) is 32.9 Å². The molecule has 0 spiro atoms. The van der Waals surface area contributed by atoms with E-state index < -0.39 is 0 Å². The minimum absolute atomic E-state index is 0.132. The van der Waals surface area contributed by atoms with Crippen molar-refractivity contribution in [1.29, 1.82) is 0 Å². The predicted octanol–water partition coefficient (Wildman–Crippen LogP) is 0.0285. The van der Waals surface area contributed by atoms with Crippen LogP contribution in [0.2, 0.25) is 0 Å². The van der Waals surface area contributed by atoms with Crippen LogP contribution in [0.3, 0.4) is 0 Å². The summed E-state index contributed by atoms with van der Waals surface area (Å²) in [6, 6.07) is 1.64. The fourth-order valence-corrected chi connectivity index (χ4v) is 2.71. The topological polar surface area (TPSA) is 105 Å². The molecule has 0 unspecified atom stereocenters. The van der Waals surface area contributed by atoms with E-state index in [0.717, 1.165) is 12.1 Å². The normalized spacial score (nSPS) is 14.1. The minimum Gasteiger partial charge on any atom is -0.383 e. The zero-order chi connectivity index (χ0) is 16.9. The third kappa shape index (κ3) is 3.30. The smallest absolute Gasteiger partial charge is 0.272 e. The van der Waals surface area contributed by atoms with E-state index >= 15 is 0 Å². The number of rotatable bonds is 5. The maximum Gasteiger partial charge on any atom is 0.272 e. The van der Waals surface area contributed by atoms with Gasteiger partial charge in [-0.25, -0.2) is 0 Å². The lowest BCUT2D eigenvalue weighted by Crippen LogP contribution is -2.32. The Morgan fingerprint density at radius 3 is 3.04 bits per heavy atom. The van der Waals surface area contributed by atoms with Crippen LogP contribution in [0, 0.1) is 0 Å². The fourth-order valence-electron chi connectivity index (χ4n) is 2.71. The van der Waals surface area contributed by atoms with Gasteiger partial charge in [0.15, 0.2) is 0 Å². The Kier molecular flexibility index (Phi) is 4.90. The second-order valence-electron chi connectivity index (χ2n) is 5.53. The van der Waals surface area contributed by atoms with E-state index in [0.29, 0.717) is 44.0 Å². The molecule has 0 atom stereocenters. The monoisotopic (exact) mass is 332 g/mol. The molecular weight excluding hydrogens is 312 g/mol. The predicted molar refractivity (Wildman–Crippen MR) is 84.4 cm³/mol. The van der Waals surface area contributed by atoms with Gasteiger partial charge in [-0.15, -0.1) is 0 Å². The molecule has 1 aliphatic heterocycles. The maximum atomic E-state index is 12.5. The number of amides is 2. The number of methoxy groups -OCH3 is 1. The van der Waals surface area contributed by atoms with Crippen LogP contribution in [0.1, 0.15) is 33.0 Å². The van der Waals surface area contributed by atoms with Crippen molar-refractivity contribution in [2.75, 3.05) is 26.8 Å². The first-order valence-corrected chi connectivity index (χ1v) is 7.81. The molecular formula is C15H20N6O3. The highest BCUT2D eigenvalue weighted by atomic mass is 16.5. The lowest BCUT2D eigenvalue weighted by atomic mass is 10.2. The number of carbonyl (C=O) groups excluding carboxylic acids is 2. The highest BCUT2D eigenvalue weighted by Gasteiger charge is 2.25. The number of nitrogens with zero attached hydrogens (tertiary/aromatic N) is 4. The van der Waals surface area contributed by atoms with Crippen molar-refractivity contribution < 1.29 is 14.3 Å². The minimum atomic E-state index is -0.205. The average molecular weight is 332 g/mol. The first kappa shape index (κ1) is 16.2. The number of aromatic nitrogens is 4. The van der Waals surface area contributed by atoms with Crippen molar-refractivity contribution in [3.8, 4) is 0 Å². The highest BCUT2D eigenvalue weighted by molar-refractivity contribution is 5.96. The lowest BCUT2D eigenvalue weighted by Gasteiger charge is -2.19. The second kappa shape index (κ2) is 7.26. The number of aryl methyl sites for hydroxylation is 1. The number of hydrogen-bond acceptors (Lipinski definition) is 5. The molecule has 24 heavy (non-hydrogen) atoms. The molecule has 0 radical (unpaired) electrons.